The predicted molar refractivity (Wildman–Crippen MR) is 159 cm³/mol. The van der Waals surface area contributed by atoms with Crippen molar-refractivity contribution < 1.29 is 28.1 Å². The number of pyridine rings is 1. The molecule has 10 nitrogen and oxygen atoms in total. The summed E-state index contributed by atoms with van der Waals surface area (Å²) in [7, 11) is 4.84. The van der Waals surface area contributed by atoms with E-state index in [0.717, 1.165) is 29.5 Å². The van der Waals surface area contributed by atoms with Crippen molar-refractivity contribution in [3.63, 3.8) is 0 Å². The number of ether oxygens (including phenoxy) is 3. The highest BCUT2D eigenvalue weighted by Crippen LogP contribution is 2.52. The number of alkyl halides is 2. The summed E-state index contributed by atoms with van der Waals surface area (Å²) in [5.74, 6) is 0.736. The number of rotatable bonds is 9. The first-order chi connectivity index (χ1) is 21.2. The molecule has 0 bridgehead atoms. The molecule has 3 aromatic heterocycles. The topological polar surface area (TPSA) is 116 Å². The van der Waals surface area contributed by atoms with Gasteiger partial charge in [0.05, 0.1) is 21.3 Å². The van der Waals surface area contributed by atoms with E-state index in [-0.39, 0.29) is 11.8 Å². The Morgan fingerprint density at radius 2 is 1.75 bits per heavy atom. The second kappa shape index (κ2) is 10.5. The van der Waals surface area contributed by atoms with Crippen molar-refractivity contribution in [3.05, 3.63) is 77.4 Å². The molecule has 2 aliphatic rings. The third-order valence-corrected chi connectivity index (χ3v) is 8.78. The number of aromatic nitrogens is 5. The van der Waals surface area contributed by atoms with E-state index in [4.69, 9.17) is 29.3 Å². The molecular formula is C32H32F2N6O4. The van der Waals surface area contributed by atoms with Crippen LogP contribution in [0.1, 0.15) is 60.2 Å². The molecule has 0 unspecified atom stereocenters. The Morgan fingerprint density at radius 3 is 2.43 bits per heavy atom. The average Bonchev–Trinajstić information content (AvgIpc) is 3.43. The highest BCUT2D eigenvalue weighted by Gasteiger charge is 2.56. The van der Waals surface area contributed by atoms with Crippen molar-refractivity contribution in [2.75, 3.05) is 26.6 Å². The molecule has 2 aromatic carbocycles. The molecule has 7 rings (SSSR count). The molecule has 228 valence electrons. The number of nitrogens with zero attached hydrogens (tertiary/aromatic N) is 5. The Bertz CT molecular complexity index is 1850. The van der Waals surface area contributed by atoms with Crippen LogP contribution in [0.5, 0.6) is 17.2 Å². The van der Waals surface area contributed by atoms with Gasteiger partial charge in [-0.05, 0) is 43.2 Å². The summed E-state index contributed by atoms with van der Waals surface area (Å²) < 4.78 is 45.0. The first-order valence-corrected chi connectivity index (χ1v) is 14.4. The van der Waals surface area contributed by atoms with Crippen LogP contribution >= 0.6 is 0 Å². The quantitative estimate of drug-likeness (QED) is 0.223. The molecule has 2 saturated carbocycles. The first-order valence-electron chi connectivity index (χ1n) is 14.4. The molecule has 0 radical (unpaired) electrons. The minimum Gasteiger partial charge on any atom is -0.497 e. The number of anilines is 1. The van der Waals surface area contributed by atoms with E-state index in [1.54, 1.807) is 31.9 Å². The summed E-state index contributed by atoms with van der Waals surface area (Å²) in [6, 6.07) is 14.9. The molecular weight excluding hydrogens is 570 g/mol. The highest BCUT2D eigenvalue weighted by molar-refractivity contribution is 5.96. The number of methoxy groups -OCH3 is 3. The normalized spacial score (nSPS) is 20.1. The number of para-hydroxylation sites is 1. The van der Waals surface area contributed by atoms with Gasteiger partial charge in [-0.1, -0.05) is 12.1 Å². The number of hydrogen-bond acceptors (Lipinski definition) is 9. The van der Waals surface area contributed by atoms with Gasteiger partial charge in [0.25, 0.3) is 5.92 Å². The maximum atomic E-state index is 13.4. The Labute approximate surface area is 252 Å². The number of halogens is 2. The van der Waals surface area contributed by atoms with Crippen LogP contribution in [0.2, 0.25) is 0 Å². The van der Waals surface area contributed by atoms with Crippen LogP contribution < -0.4 is 19.5 Å². The van der Waals surface area contributed by atoms with Gasteiger partial charge in [-0.3, -0.25) is 4.98 Å². The third-order valence-electron chi connectivity index (χ3n) is 8.78. The van der Waals surface area contributed by atoms with Gasteiger partial charge in [-0.15, -0.1) is 5.10 Å². The van der Waals surface area contributed by atoms with Gasteiger partial charge in [0.1, 0.15) is 28.4 Å². The maximum absolute atomic E-state index is 13.4. The summed E-state index contributed by atoms with van der Waals surface area (Å²) in [5.41, 5.74) is 2.07. The van der Waals surface area contributed by atoms with Gasteiger partial charge in [0.15, 0.2) is 11.5 Å². The molecule has 2 aliphatic carbocycles. The van der Waals surface area contributed by atoms with Crippen molar-refractivity contribution >= 4 is 22.5 Å². The van der Waals surface area contributed by atoms with E-state index in [2.05, 4.69) is 10.3 Å². The lowest BCUT2D eigenvalue weighted by atomic mass is 9.71. The zero-order valence-electron chi connectivity index (χ0n) is 24.6. The number of nitrogens with one attached hydrogen (secondary N) is 1. The standard InChI is InChI=1S/C32H32F2N6O4/c1-42-22-9-7-18(26(13-22)44-3)14-36-30-37-27-23(5-4-6-25(27)43-2)29-38-28(39-40(29)30)20-11-19(12-20)24-10-8-21(15-35-24)31(41)16-32(33,34)17-31/h4-10,13,15,19-20,41H,11-12,14,16-17H2,1-3H3,(H,36,37)/t19-,20+. The van der Waals surface area contributed by atoms with Crippen LogP contribution in [0.3, 0.4) is 0 Å². The number of benzene rings is 2. The van der Waals surface area contributed by atoms with Crippen LogP contribution in [0, 0.1) is 0 Å². The Hall–Kier alpha value is -4.58. The van der Waals surface area contributed by atoms with Gasteiger partial charge >= 0.3 is 0 Å². The highest BCUT2D eigenvalue weighted by atomic mass is 19.3. The summed E-state index contributed by atoms with van der Waals surface area (Å²) in [6.45, 7) is 0.422. The van der Waals surface area contributed by atoms with E-state index < -0.39 is 24.4 Å². The van der Waals surface area contributed by atoms with Gasteiger partial charge in [-0.2, -0.15) is 4.52 Å². The number of hydrogen-bond donors (Lipinski definition) is 2. The van der Waals surface area contributed by atoms with E-state index in [1.165, 1.54) is 6.20 Å². The Balaban J connectivity index is 1.14. The Morgan fingerprint density at radius 1 is 0.955 bits per heavy atom. The molecule has 0 amide bonds. The maximum Gasteiger partial charge on any atom is 0.254 e. The van der Waals surface area contributed by atoms with E-state index >= 15 is 0 Å². The fourth-order valence-corrected chi connectivity index (χ4v) is 6.25. The SMILES string of the molecule is COc1ccc(CNc2nc3c(OC)cccc3c3nc([C@H]4C[C@@H](c5ccc(C6(O)CC(F)(F)C6)cn5)C4)nn23)c(OC)c1. The fraction of sp³-hybridized carbons (Fsp3) is 0.375. The van der Waals surface area contributed by atoms with E-state index in [0.29, 0.717) is 52.3 Å². The number of fused-ring (bicyclic) bond motifs is 3. The van der Waals surface area contributed by atoms with Crippen LogP contribution in [0.25, 0.3) is 16.6 Å². The van der Waals surface area contributed by atoms with Crippen LogP contribution in [-0.4, -0.2) is 56.9 Å². The fourth-order valence-electron chi connectivity index (χ4n) is 6.25. The largest absolute Gasteiger partial charge is 0.497 e. The van der Waals surface area contributed by atoms with Crippen molar-refractivity contribution in [1.29, 1.82) is 0 Å². The third kappa shape index (κ3) is 4.83. The lowest BCUT2D eigenvalue weighted by molar-refractivity contribution is -0.210. The first kappa shape index (κ1) is 28.2. The number of aliphatic hydroxyl groups is 1. The van der Waals surface area contributed by atoms with Crippen LogP contribution in [0.15, 0.2) is 54.7 Å². The minimum atomic E-state index is -2.82. The average molecular weight is 603 g/mol. The molecule has 5 aromatic rings. The van der Waals surface area contributed by atoms with E-state index in [1.807, 2.05) is 42.5 Å². The van der Waals surface area contributed by atoms with Crippen molar-refractivity contribution in [3.8, 4) is 17.2 Å². The van der Waals surface area contributed by atoms with Crippen LogP contribution in [0.4, 0.5) is 14.7 Å². The van der Waals surface area contributed by atoms with Gasteiger partial charge in [0, 0.05) is 65.7 Å². The van der Waals surface area contributed by atoms with Crippen LogP contribution in [-0.2, 0) is 12.1 Å². The predicted octanol–water partition coefficient (Wildman–Crippen LogP) is 5.59. The van der Waals surface area contributed by atoms with Gasteiger partial charge < -0.3 is 24.6 Å². The zero-order chi connectivity index (χ0) is 30.6. The minimum absolute atomic E-state index is 0.117. The molecule has 0 spiro atoms. The summed E-state index contributed by atoms with van der Waals surface area (Å²) in [4.78, 5) is 14.4. The van der Waals surface area contributed by atoms with E-state index in [9.17, 15) is 13.9 Å². The van der Waals surface area contributed by atoms with Crippen molar-refractivity contribution in [2.45, 2.75) is 55.6 Å². The Kier molecular flexibility index (Phi) is 6.76. The lowest BCUT2D eigenvalue weighted by Crippen LogP contribution is -2.49. The zero-order valence-corrected chi connectivity index (χ0v) is 24.6. The van der Waals surface area contributed by atoms with Crippen molar-refractivity contribution in [2.24, 2.45) is 0 Å². The molecule has 12 heteroatoms. The molecule has 0 aliphatic heterocycles. The second-order valence-electron chi connectivity index (χ2n) is 11.6. The molecule has 2 fully saturated rings. The molecule has 2 N–H and O–H groups in total. The lowest BCUT2D eigenvalue weighted by Gasteiger charge is -2.43. The second-order valence-corrected chi connectivity index (χ2v) is 11.6. The van der Waals surface area contributed by atoms with Crippen molar-refractivity contribution in [1.82, 2.24) is 24.6 Å². The summed E-state index contributed by atoms with van der Waals surface area (Å²) in [5, 5.41) is 19.6. The molecule has 3 heterocycles. The van der Waals surface area contributed by atoms with Gasteiger partial charge in [0.2, 0.25) is 5.95 Å². The molecule has 44 heavy (non-hydrogen) atoms. The monoisotopic (exact) mass is 602 g/mol. The summed E-state index contributed by atoms with van der Waals surface area (Å²) >= 11 is 0. The molecule has 0 saturated heterocycles. The summed E-state index contributed by atoms with van der Waals surface area (Å²) in [6.07, 6.45) is 2.00. The van der Waals surface area contributed by atoms with Gasteiger partial charge in [-0.25, -0.2) is 18.7 Å². The molecule has 0 atom stereocenters. The smallest absolute Gasteiger partial charge is 0.254 e.